The van der Waals surface area contributed by atoms with E-state index >= 15 is 0 Å². The van der Waals surface area contributed by atoms with Crippen molar-refractivity contribution >= 4 is 5.96 Å². The second-order valence-corrected chi connectivity index (χ2v) is 4.17. The lowest BCUT2D eigenvalue weighted by Gasteiger charge is -2.25. The Hall–Kier alpha value is -1.77. The molecule has 3 nitrogen and oxygen atoms in total. The van der Waals surface area contributed by atoms with E-state index in [2.05, 4.69) is 28.6 Å². The maximum atomic E-state index is 4.63. The highest BCUT2D eigenvalue weighted by molar-refractivity contribution is 5.79. The smallest absolute Gasteiger partial charge is 0.196 e. The zero-order valence-electron chi connectivity index (χ0n) is 10.9. The molecule has 0 aliphatic carbocycles. The first-order chi connectivity index (χ1) is 8.15. The predicted molar refractivity (Wildman–Crippen MR) is 74.1 cm³/mol. The normalized spacial score (nSPS) is 11.1. The van der Waals surface area contributed by atoms with Crippen LogP contribution in [0.4, 0.5) is 0 Å². The van der Waals surface area contributed by atoms with E-state index in [4.69, 9.17) is 0 Å². The maximum absolute atomic E-state index is 4.63. The van der Waals surface area contributed by atoms with Crippen LogP contribution in [0.15, 0.2) is 48.0 Å². The summed E-state index contributed by atoms with van der Waals surface area (Å²) in [6.07, 6.45) is 1.88. The molecular formula is C14H21N3. The molecule has 17 heavy (non-hydrogen) atoms. The van der Waals surface area contributed by atoms with Gasteiger partial charge in [-0.2, -0.15) is 0 Å². The molecule has 0 fully saturated rings. The van der Waals surface area contributed by atoms with E-state index in [-0.39, 0.29) is 0 Å². The highest BCUT2D eigenvalue weighted by atomic mass is 15.3. The van der Waals surface area contributed by atoms with Gasteiger partial charge >= 0.3 is 0 Å². The van der Waals surface area contributed by atoms with Gasteiger partial charge in [0.05, 0.1) is 6.54 Å². The van der Waals surface area contributed by atoms with Gasteiger partial charge in [0.1, 0.15) is 0 Å². The van der Waals surface area contributed by atoms with E-state index in [0.29, 0.717) is 6.54 Å². The fourth-order valence-electron chi connectivity index (χ4n) is 1.62. The van der Waals surface area contributed by atoms with E-state index in [9.17, 15) is 0 Å². The van der Waals surface area contributed by atoms with Gasteiger partial charge in [-0.15, -0.1) is 6.58 Å². The molecular weight excluding hydrogens is 210 g/mol. The minimum absolute atomic E-state index is 0.704. The number of hydrogen-bond acceptors (Lipinski definition) is 1. The summed E-state index contributed by atoms with van der Waals surface area (Å²) in [5.41, 5.74) is 1.22. The maximum Gasteiger partial charge on any atom is 0.196 e. The molecule has 0 bridgehead atoms. The molecule has 0 radical (unpaired) electrons. The number of benzene rings is 1. The molecule has 92 valence electrons. The Kier molecular flexibility index (Phi) is 5.27. The molecule has 0 saturated heterocycles. The lowest BCUT2D eigenvalue weighted by molar-refractivity contribution is 0.452. The highest BCUT2D eigenvalue weighted by Gasteiger charge is 2.06. The van der Waals surface area contributed by atoms with Crippen LogP contribution in [0.5, 0.6) is 0 Å². The van der Waals surface area contributed by atoms with Crippen LogP contribution in [0.3, 0.4) is 0 Å². The Morgan fingerprint density at radius 2 is 1.88 bits per heavy atom. The fourth-order valence-corrected chi connectivity index (χ4v) is 1.62. The molecule has 0 spiro atoms. The Balaban J connectivity index is 2.74. The lowest BCUT2D eigenvalue weighted by Crippen LogP contribution is -2.38. The van der Waals surface area contributed by atoms with Crippen LogP contribution in [-0.2, 0) is 6.54 Å². The summed E-state index contributed by atoms with van der Waals surface area (Å²) in [5, 5.41) is 0. The van der Waals surface area contributed by atoms with Crippen molar-refractivity contribution in [1.29, 1.82) is 0 Å². The number of guanidine groups is 1. The fraction of sp³-hybridized carbons (Fsp3) is 0.357. The van der Waals surface area contributed by atoms with Crippen molar-refractivity contribution < 1.29 is 0 Å². The topological polar surface area (TPSA) is 18.8 Å². The van der Waals surface area contributed by atoms with E-state index in [1.165, 1.54) is 5.56 Å². The first-order valence-electron chi connectivity index (χ1n) is 5.73. The van der Waals surface area contributed by atoms with Crippen LogP contribution >= 0.6 is 0 Å². The second kappa shape index (κ2) is 6.74. The van der Waals surface area contributed by atoms with Crippen molar-refractivity contribution in [2.45, 2.75) is 6.54 Å². The minimum atomic E-state index is 0.704. The Labute approximate surface area is 104 Å². The van der Waals surface area contributed by atoms with Crippen LogP contribution in [0.25, 0.3) is 0 Å². The second-order valence-electron chi connectivity index (χ2n) is 4.17. The Morgan fingerprint density at radius 1 is 1.24 bits per heavy atom. The molecule has 3 heteroatoms. The van der Waals surface area contributed by atoms with Crippen molar-refractivity contribution in [3.8, 4) is 0 Å². The summed E-state index contributed by atoms with van der Waals surface area (Å²) in [6.45, 7) is 5.25. The number of hydrogen-bond donors (Lipinski definition) is 0. The number of likely N-dealkylation sites (N-methyl/N-ethyl adjacent to an activating group) is 1. The van der Waals surface area contributed by atoms with Crippen molar-refractivity contribution in [2.24, 2.45) is 4.99 Å². The van der Waals surface area contributed by atoms with Gasteiger partial charge in [-0.3, -0.25) is 0 Å². The van der Waals surface area contributed by atoms with Crippen molar-refractivity contribution in [1.82, 2.24) is 9.80 Å². The SMILES string of the molecule is C=CCN(C)C(=NCc1ccccc1)N(C)C. The summed E-state index contributed by atoms with van der Waals surface area (Å²) >= 11 is 0. The molecule has 1 aromatic carbocycles. The van der Waals surface area contributed by atoms with Gasteiger partial charge in [-0.25, -0.2) is 4.99 Å². The van der Waals surface area contributed by atoms with Gasteiger partial charge in [-0.05, 0) is 5.56 Å². The van der Waals surface area contributed by atoms with Crippen molar-refractivity contribution in [2.75, 3.05) is 27.7 Å². The van der Waals surface area contributed by atoms with E-state index in [1.54, 1.807) is 0 Å². The molecule has 1 rings (SSSR count). The van der Waals surface area contributed by atoms with Crippen LogP contribution < -0.4 is 0 Å². The number of rotatable bonds is 4. The molecule has 0 heterocycles. The van der Waals surface area contributed by atoms with E-state index in [1.807, 2.05) is 50.3 Å². The lowest BCUT2D eigenvalue weighted by atomic mass is 10.2. The van der Waals surface area contributed by atoms with Crippen LogP contribution in [0.2, 0.25) is 0 Å². The summed E-state index contributed by atoms with van der Waals surface area (Å²) in [7, 11) is 6.03. The third-order valence-corrected chi connectivity index (χ3v) is 2.39. The minimum Gasteiger partial charge on any atom is -0.349 e. The average Bonchev–Trinajstić information content (AvgIpc) is 2.30. The average molecular weight is 231 g/mol. The molecule has 0 atom stereocenters. The first kappa shape index (κ1) is 13.3. The predicted octanol–water partition coefficient (Wildman–Crippen LogP) is 2.22. The van der Waals surface area contributed by atoms with Gasteiger partial charge in [0, 0.05) is 27.7 Å². The quantitative estimate of drug-likeness (QED) is 0.449. The van der Waals surface area contributed by atoms with Crippen LogP contribution in [-0.4, -0.2) is 43.4 Å². The standard InChI is InChI=1S/C14H21N3/c1-5-11-17(4)14(16(2)3)15-12-13-9-7-6-8-10-13/h5-10H,1,11-12H2,2-4H3. The molecule has 0 amide bonds. The molecule has 0 aliphatic heterocycles. The third kappa shape index (κ3) is 4.31. The van der Waals surface area contributed by atoms with Crippen molar-refractivity contribution in [3.05, 3.63) is 48.6 Å². The van der Waals surface area contributed by atoms with Gasteiger partial charge in [-0.1, -0.05) is 36.4 Å². The third-order valence-electron chi connectivity index (χ3n) is 2.39. The monoisotopic (exact) mass is 231 g/mol. The number of aliphatic imine (C=N–C) groups is 1. The molecule has 0 unspecified atom stereocenters. The molecule has 1 aromatic rings. The van der Waals surface area contributed by atoms with Gasteiger partial charge in [0.15, 0.2) is 5.96 Å². The summed E-state index contributed by atoms with van der Waals surface area (Å²) in [4.78, 5) is 8.73. The zero-order chi connectivity index (χ0) is 12.7. The van der Waals surface area contributed by atoms with Gasteiger partial charge in [0.25, 0.3) is 0 Å². The van der Waals surface area contributed by atoms with E-state index in [0.717, 1.165) is 12.5 Å². The molecule has 0 N–H and O–H groups in total. The first-order valence-corrected chi connectivity index (χ1v) is 5.73. The largest absolute Gasteiger partial charge is 0.349 e. The Morgan fingerprint density at radius 3 is 2.41 bits per heavy atom. The molecule has 0 aliphatic rings. The zero-order valence-corrected chi connectivity index (χ0v) is 10.9. The van der Waals surface area contributed by atoms with Crippen LogP contribution in [0, 0.1) is 0 Å². The summed E-state index contributed by atoms with van der Waals surface area (Å²) < 4.78 is 0. The van der Waals surface area contributed by atoms with Crippen LogP contribution in [0.1, 0.15) is 5.56 Å². The molecule has 0 aromatic heterocycles. The van der Waals surface area contributed by atoms with Crippen molar-refractivity contribution in [3.63, 3.8) is 0 Å². The number of nitrogens with zero attached hydrogens (tertiary/aromatic N) is 3. The van der Waals surface area contributed by atoms with Gasteiger partial charge < -0.3 is 9.80 Å². The summed E-state index contributed by atoms with van der Waals surface area (Å²) in [5.74, 6) is 0.966. The summed E-state index contributed by atoms with van der Waals surface area (Å²) in [6, 6.07) is 10.3. The van der Waals surface area contributed by atoms with Gasteiger partial charge in [0.2, 0.25) is 0 Å². The highest BCUT2D eigenvalue weighted by Crippen LogP contribution is 2.02. The van der Waals surface area contributed by atoms with E-state index < -0.39 is 0 Å². The Bertz CT molecular complexity index is 368. The molecule has 0 saturated carbocycles.